The Hall–Kier alpha value is -5.86. The van der Waals surface area contributed by atoms with Crippen LogP contribution in [0, 0.1) is 0 Å². The van der Waals surface area contributed by atoms with Crippen LogP contribution in [0.1, 0.15) is 0 Å². The summed E-state index contributed by atoms with van der Waals surface area (Å²) in [5.41, 5.74) is 12.5. The molecule has 2 aliphatic carbocycles. The summed E-state index contributed by atoms with van der Waals surface area (Å²) in [7, 11) is 3.53. The molecule has 0 radical (unpaired) electrons. The smallest absolute Gasteiger partial charge is 0.127 e. The largest absolute Gasteiger partial charge is 0.496 e. The molecule has 0 heterocycles. The lowest BCUT2D eigenvalue weighted by atomic mass is 9.85. The first kappa shape index (κ1) is 24.5. The molecule has 11 rings (SSSR count). The van der Waals surface area contributed by atoms with Gasteiger partial charge in [0.2, 0.25) is 0 Å². The molecule has 0 bridgehead atoms. The molecule has 0 aromatic heterocycles. The van der Waals surface area contributed by atoms with Crippen LogP contribution >= 0.6 is 0 Å². The van der Waals surface area contributed by atoms with E-state index in [4.69, 9.17) is 9.47 Å². The lowest BCUT2D eigenvalue weighted by molar-refractivity contribution is 0.416. The summed E-state index contributed by atoms with van der Waals surface area (Å²) in [4.78, 5) is 0. The van der Waals surface area contributed by atoms with Gasteiger partial charge in [-0.05, 0) is 111 Å². The molecule has 9 aromatic rings. The van der Waals surface area contributed by atoms with Gasteiger partial charge in [-0.25, -0.2) is 0 Å². The van der Waals surface area contributed by atoms with E-state index in [1.165, 1.54) is 109 Å². The molecule has 0 amide bonds. The molecule has 0 fully saturated rings. The molecule has 0 N–H and O–H groups in total. The van der Waals surface area contributed by atoms with E-state index in [-0.39, 0.29) is 0 Å². The SMILES string of the molecule is COc1cccc2c1-c1cccc3c(-c4ccc5c6ccc7c8c(ccc(c9cccc4c59)c86)-c4c(OC)cccc4-7)ccc-2c13. The Balaban J connectivity index is 1.22. The van der Waals surface area contributed by atoms with Crippen molar-refractivity contribution < 1.29 is 9.47 Å². The van der Waals surface area contributed by atoms with Gasteiger partial charge in [-0.15, -0.1) is 0 Å². The normalized spacial score (nSPS) is 12.6. The number of hydrogen-bond acceptors (Lipinski definition) is 2. The van der Waals surface area contributed by atoms with Crippen LogP contribution < -0.4 is 9.47 Å². The summed E-state index contributed by atoms with van der Waals surface area (Å²) < 4.78 is 11.7. The van der Waals surface area contributed by atoms with E-state index in [0.717, 1.165) is 11.5 Å². The van der Waals surface area contributed by atoms with Crippen LogP contribution in [0.25, 0.3) is 109 Å². The molecule has 2 nitrogen and oxygen atoms in total. The highest BCUT2D eigenvalue weighted by molar-refractivity contribution is 6.38. The van der Waals surface area contributed by atoms with Gasteiger partial charge in [-0.2, -0.15) is 0 Å². The van der Waals surface area contributed by atoms with Crippen molar-refractivity contribution in [3.63, 3.8) is 0 Å². The van der Waals surface area contributed by atoms with Crippen molar-refractivity contribution >= 4 is 53.9 Å². The quantitative estimate of drug-likeness (QED) is 0.151. The van der Waals surface area contributed by atoms with Gasteiger partial charge < -0.3 is 9.47 Å². The van der Waals surface area contributed by atoms with Crippen molar-refractivity contribution in [2.45, 2.75) is 0 Å². The van der Waals surface area contributed by atoms with E-state index in [9.17, 15) is 0 Å². The highest BCUT2D eigenvalue weighted by Crippen LogP contribution is 2.56. The maximum Gasteiger partial charge on any atom is 0.127 e. The zero-order valence-corrected chi connectivity index (χ0v) is 25.4. The second-order valence-electron chi connectivity index (χ2n) is 12.6. The summed E-state index contributed by atoms with van der Waals surface area (Å²) in [5, 5.41) is 13.1. The first-order chi connectivity index (χ1) is 22.8. The zero-order chi connectivity index (χ0) is 30.3. The van der Waals surface area contributed by atoms with Crippen LogP contribution in [0.3, 0.4) is 0 Å². The van der Waals surface area contributed by atoms with Crippen molar-refractivity contribution in [1.82, 2.24) is 0 Å². The summed E-state index contributed by atoms with van der Waals surface area (Å²) in [6.07, 6.45) is 0. The fourth-order valence-electron chi connectivity index (χ4n) is 8.95. The Kier molecular flexibility index (Phi) is 4.49. The van der Waals surface area contributed by atoms with Crippen LogP contribution in [0.4, 0.5) is 0 Å². The van der Waals surface area contributed by atoms with Gasteiger partial charge in [-0.1, -0.05) is 109 Å². The molecule has 214 valence electrons. The number of ether oxygens (including phenoxy) is 2. The standard InChI is InChI=1S/C44H26O2/c1-45-37-13-5-10-28-30-17-15-24(26-8-4-12-35(40(26)30)41(28)37)23-16-18-31-34-20-19-33-29-11-6-14-38(46-2)42(29)36-22-21-32(43(34)44(33)36)27-9-3-7-25(23)39(27)31/h3-22H,1-2H3. The summed E-state index contributed by atoms with van der Waals surface area (Å²) in [6.45, 7) is 0. The van der Waals surface area contributed by atoms with Gasteiger partial charge in [0.1, 0.15) is 11.5 Å². The Labute approximate surface area is 265 Å². The average Bonchev–Trinajstić information content (AvgIpc) is 3.63. The summed E-state index contributed by atoms with van der Waals surface area (Å²) in [5.74, 6) is 1.86. The molecule has 0 saturated heterocycles. The van der Waals surface area contributed by atoms with Crippen molar-refractivity contribution in [3.05, 3.63) is 121 Å². The molecule has 2 aliphatic rings. The summed E-state index contributed by atoms with van der Waals surface area (Å²) >= 11 is 0. The van der Waals surface area contributed by atoms with E-state index < -0.39 is 0 Å². The fourth-order valence-corrected chi connectivity index (χ4v) is 8.95. The monoisotopic (exact) mass is 586 g/mol. The Bertz CT molecular complexity index is 2800. The minimum absolute atomic E-state index is 0.925. The highest BCUT2D eigenvalue weighted by atomic mass is 16.5. The molecule has 9 aromatic carbocycles. The van der Waals surface area contributed by atoms with E-state index in [2.05, 4.69) is 121 Å². The minimum atomic E-state index is 0.925. The predicted molar refractivity (Wildman–Crippen MR) is 193 cm³/mol. The molecule has 2 heteroatoms. The second-order valence-corrected chi connectivity index (χ2v) is 12.6. The fraction of sp³-hybridized carbons (Fsp3) is 0.0455. The lowest BCUT2D eigenvalue weighted by Gasteiger charge is -2.18. The van der Waals surface area contributed by atoms with Crippen molar-refractivity contribution in [2.75, 3.05) is 14.2 Å². The highest BCUT2D eigenvalue weighted by Gasteiger charge is 2.29. The Morgan fingerprint density at radius 1 is 0.283 bits per heavy atom. The van der Waals surface area contributed by atoms with Crippen LogP contribution in [0.2, 0.25) is 0 Å². The average molecular weight is 587 g/mol. The van der Waals surface area contributed by atoms with Gasteiger partial charge in [-0.3, -0.25) is 0 Å². The Morgan fingerprint density at radius 3 is 1.37 bits per heavy atom. The van der Waals surface area contributed by atoms with E-state index in [0.29, 0.717) is 0 Å². The summed E-state index contributed by atoms with van der Waals surface area (Å²) in [6, 6.07) is 45.0. The molecule has 0 saturated carbocycles. The Morgan fingerprint density at radius 2 is 0.696 bits per heavy atom. The van der Waals surface area contributed by atoms with Crippen molar-refractivity contribution in [1.29, 1.82) is 0 Å². The molecule has 46 heavy (non-hydrogen) atoms. The second kappa shape index (κ2) is 8.44. The third kappa shape index (κ3) is 2.76. The van der Waals surface area contributed by atoms with Crippen molar-refractivity contribution in [3.8, 4) is 67.1 Å². The number of hydrogen-bond donors (Lipinski definition) is 0. The van der Waals surface area contributed by atoms with Crippen LogP contribution in [0.5, 0.6) is 11.5 Å². The van der Waals surface area contributed by atoms with Gasteiger partial charge in [0.05, 0.1) is 14.2 Å². The van der Waals surface area contributed by atoms with Crippen LogP contribution in [-0.4, -0.2) is 14.2 Å². The maximum absolute atomic E-state index is 5.85. The topological polar surface area (TPSA) is 18.5 Å². The number of rotatable bonds is 3. The first-order valence-corrected chi connectivity index (χ1v) is 15.8. The maximum atomic E-state index is 5.85. The van der Waals surface area contributed by atoms with Crippen molar-refractivity contribution in [2.24, 2.45) is 0 Å². The minimum Gasteiger partial charge on any atom is -0.496 e. The van der Waals surface area contributed by atoms with E-state index in [1.54, 1.807) is 14.2 Å². The predicted octanol–water partition coefficient (Wildman–Crippen LogP) is 11.9. The molecule has 0 spiro atoms. The van der Waals surface area contributed by atoms with Crippen LogP contribution in [0.15, 0.2) is 121 Å². The lowest BCUT2D eigenvalue weighted by Crippen LogP contribution is -1.91. The number of fused-ring (bicyclic) bond motifs is 8. The third-order valence-electron chi connectivity index (χ3n) is 10.7. The molecule has 0 atom stereocenters. The van der Waals surface area contributed by atoms with Gasteiger partial charge in [0, 0.05) is 11.1 Å². The number of benzene rings is 9. The molecular weight excluding hydrogens is 560 g/mol. The first-order valence-electron chi connectivity index (χ1n) is 15.8. The van der Waals surface area contributed by atoms with Crippen LogP contribution in [-0.2, 0) is 0 Å². The van der Waals surface area contributed by atoms with Gasteiger partial charge >= 0.3 is 0 Å². The molecule has 0 unspecified atom stereocenters. The van der Waals surface area contributed by atoms with Gasteiger partial charge in [0.25, 0.3) is 0 Å². The van der Waals surface area contributed by atoms with Gasteiger partial charge in [0.15, 0.2) is 0 Å². The number of methoxy groups -OCH3 is 2. The zero-order valence-electron chi connectivity index (χ0n) is 25.4. The molecule has 0 aliphatic heterocycles. The third-order valence-corrected chi connectivity index (χ3v) is 10.7. The molecular formula is C44H26O2. The van der Waals surface area contributed by atoms with E-state index in [1.807, 2.05) is 0 Å². The van der Waals surface area contributed by atoms with E-state index >= 15 is 0 Å².